The molecule has 0 heterocycles. The van der Waals surface area contributed by atoms with E-state index in [9.17, 15) is 4.79 Å². The molecule has 0 spiro atoms. The van der Waals surface area contributed by atoms with Crippen LogP contribution < -0.4 is 0 Å². The van der Waals surface area contributed by atoms with Crippen LogP contribution in [0.1, 0.15) is 46.5 Å². The fourth-order valence-electron chi connectivity index (χ4n) is 1.69. The van der Waals surface area contributed by atoms with Gasteiger partial charge >= 0.3 is 5.97 Å². The summed E-state index contributed by atoms with van der Waals surface area (Å²) in [5.41, 5.74) is 2.26. The summed E-state index contributed by atoms with van der Waals surface area (Å²) in [6, 6.07) is 0. The SMILES string of the molecule is C=C(C)[C@H](CO)CC=C(C)CCC[C@H](C)C(=O)O. The van der Waals surface area contributed by atoms with Crippen molar-refractivity contribution < 1.29 is 15.0 Å². The minimum atomic E-state index is -0.723. The number of carbonyl (C=O) groups is 1. The Morgan fingerprint density at radius 2 is 2.00 bits per heavy atom. The largest absolute Gasteiger partial charge is 0.481 e. The van der Waals surface area contributed by atoms with E-state index in [0.717, 1.165) is 24.8 Å². The highest BCUT2D eigenvalue weighted by Gasteiger charge is 2.10. The highest BCUT2D eigenvalue weighted by molar-refractivity contribution is 5.69. The summed E-state index contributed by atoms with van der Waals surface area (Å²) in [6.45, 7) is 9.71. The molecule has 0 radical (unpaired) electrons. The minimum absolute atomic E-state index is 0.134. The predicted octanol–water partition coefficient (Wildman–Crippen LogP) is 3.40. The third-order valence-electron chi connectivity index (χ3n) is 3.30. The average Bonchev–Trinajstić information content (AvgIpc) is 2.29. The van der Waals surface area contributed by atoms with E-state index in [1.54, 1.807) is 6.92 Å². The van der Waals surface area contributed by atoms with Gasteiger partial charge < -0.3 is 10.2 Å². The van der Waals surface area contributed by atoms with Gasteiger partial charge in [-0.3, -0.25) is 4.79 Å². The Bertz CT molecular complexity index is 305. The van der Waals surface area contributed by atoms with E-state index < -0.39 is 5.97 Å². The molecule has 0 saturated heterocycles. The zero-order chi connectivity index (χ0) is 14.1. The van der Waals surface area contributed by atoms with Crippen molar-refractivity contribution in [1.82, 2.24) is 0 Å². The molecule has 0 unspecified atom stereocenters. The second-order valence-electron chi connectivity index (χ2n) is 5.14. The highest BCUT2D eigenvalue weighted by Crippen LogP contribution is 2.17. The Hall–Kier alpha value is -1.09. The number of aliphatic hydroxyl groups excluding tert-OH is 1. The lowest BCUT2D eigenvalue weighted by molar-refractivity contribution is -0.141. The first-order valence-corrected chi connectivity index (χ1v) is 6.53. The molecule has 0 aromatic rings. The van der Waals surface area contributed by atoms with Crippen LogP contribution in [0.15, 0.2) is 23.8 Å². The van der Waals surface area contributed by atoms with Gasteiger partial charge in [-0.15, -0.1) is 0 Å². The van der Waals surface area contributed by atoms with Crippen molar-refractivity contribution in [1.29, 1.82) is 0 Å². The molecule has 0 fully saturated rings. The lowest BCUT2D eigenvalue weighted by Crippen LogP contribution is -2.09. The maximum Gasteiger partial charge on any atom is 0.306 e. The fourth-order valence-corrected chi connectivity index (χ4v) is 1.69. The molecule has 2 atom stereocenters. The highest BCUT2D eigenvalue weighted by atomic mass is 16.4. The Kier molecular flexibility index (Phi) is 8.38. The fraction of sp³-hybridized carbons (Fsp3) is 0.667. The first-order chi connectivity index (χ1) is 8.38. The lowest BCUT2D eigenvalue weighted by Gasteiger charge is -2.12. The van der Waals surface area contributed by atoms with Gasteiger partial charge in [-0.2, -0.15) is 0 Å². The second-order valence-corrected chi connectivity index (χ2v) is 5.14. The van der Waals surface area contributed by atoms with Crippen molar-refractivity contribution in [2.24, 2.45) is 11.8 Å². The average molecular weight is 254 g/mol. The van der Waals surface area contributed by atoms with Crippen LogP contribution >= 0.6 is 0 Å². The smallest absolute Gasteiger partial charge is 0.306 e. The van der Waals surface area contributed by atoms with Gasteiger partial charge in [-0.05, 0) is 39.5 Å². The van der Waals surface area contributed by atoms with E-state index in [0.29, 0.717) is 6.42 Å². The molecule has 0 aromatic carbocycles. The van der Waals surface area contributed by atoms with Gasteiger partial charge in [0.25, 0.3) is 0 Å². The molecular weight excluding hydrogens is 228 g/mol. The van der Waals surface area contributed by atoms with Gasteiger partial charge in [0, 0.05) is 12.5 Å². The molecule has 2 N–H and O–H groups in total. The standard InChI is InChI=1S/C15H26O3/c1-11(2)14(10-16)9-8-12(3)6-5-7-13(4)15(17)18/h8,13-14,16H,1,5-7,9-10H2,2-4H3,(H,17,18)/t13-,14-/m0/s1. The van der Waals surface area contributed by atoms with E-state index in [1.165, 1.54) is 5.57 Å². The molecule has 0 aliphatic rings. The maximum absolute atomic E-state index is 10.7. The maximum atomic E-state index is 10.7. The minimum Gasteiger partial charge on any atom is -0.481 e. The van der Waals surface area contributed by atoms with E-state index in [2.05, 4.69) is 19.6 Å². The quantitative estimate of drug-likeness (QED) is 0.620. The number of allylic oxidation sites excluding steroid dienone is 2. The number of carboxylic acids is 1. The van der Waals surface area contributed by atoms with Crippen LogP contribution in [0.5, 0.6) is 0 Å². The summed E-state index contributed by atoms with van der Waals surface area (Å²) in [5, 5.41) is 17.9. The topological polar surface area (TPSA) is 57.5 Å². The molecule has 3 heteroatoms. The molecule has 0 aliphatic carbocycles. The predicted molar refractivity (Wildman–Crippen MR) is 74.4 cm³/mol. The Labute approximate surface area is 110 Å². The number of aliphatic carboxylic acids is 1. The lowest BCUT2D eigenvalue weighted by atomic mass is 9.96. The van der Waals surface area contributed by atoms with Crippen molar-refractivity contribution in [3.8, 4) is 0 Å². The van der Waals surface area contributed by atoms with Crippen LogP contribution in [0.3, 0.4) is 0 Å². The van der Waals surface area contributed by atoms with Gasteiger partial charge in [0.2, 0.25) is 0 Å². The van der Waals surface area contributed by atoms with E-state index in [1.807, 2.05) is 6.92 Å². The van der Waals surface area contributed by atoms with Crippen LogP contribution in [-0.2, 0) is 4.79 Å². The molecule has 3 nitrogen and oxygen atoms in total. The van der Waals surface area contributed by atoms with Gasteiger partial charge in [-0.25, -0.2) is 0 Å². The third kappa shape index (κ3) is 7.28. The zero-order valence-electron chi connectivity index (χ0n) is 11.8. The van der Waals surface area contributed by atoms with E-state index >= 15 is 0 Å². The summed E-state index contributed by atoms with van der Waals surface area (Å²) in [5.74, 6) is -0.851. The normalized spacial score (nSPS) is 15.2. The molecule has 0 amide bonds. The molecular formula is C15H26O3. The number of hydrogen-bond acceptors (Lipinski definition) is 2. The molecule has 0 aromatic heterocycles. The summed E-state index contributed by atoms with van der Waals surface area (Å²) in [4.78, 5) is 10.7. The molecule has 18 heavy (non-hydrogen) atoms. The number of carboxylic acid groups (broad SMARTS) is 1. The van der Waals surface area contributed by atoms with Crippen LogP contribution in [0, 0.1) is 11.8 Å². The number of rotatable bonds is 9. The van der Waals surface area contributed by atoms with Crippen molar-refractivity contribution in [3.05, 3.63) is 23.8 Å². The first-order valence-electron chi connectivity index (χ1n) is 6.53. The van der Waals surface area contributed by atoms with Crippen molar-refractivity contribution in [2.75, 3.05) is 6.61 Å². The summed E-state index contributed by atoms with van der Waals surface area (Å²) >= 11 is 0. The number of hydrogen-bond donors (Lipinski definition) is 2. The molecule has 0 bridgehead atoms. The van der Waals surface area contributed by atoms with E-state index in [-0.39, 0.29) is 18.4 Å². The summed E-state index contributed by atoms with van der Waals surface area (Å²) in [7, 11) is 0. The first kappa shape index (κ1) is 16.9. The van der Waals surface area contributed by atoms with Crippen LogP contribution in [-0.4, -0.2) is 22.8 Å². The Morgan fingerprint density at radius 3 is 2.44 bits per heavy atom. The molecule has 104 valence electrons. The van der Waals surface area contributed by atoms with Crippen molar-refractivity contribution in [2.45, 2.75) is 46.5 Å². The van der Waals surface area contributed by atoms with Gasteiger partial charge in [0.05, 0.1) is 5.92 Å². The Morgan fingerprint density at radius 1 is 1.39 bits per heavy atom. The second kappa shape index (κ2) is 8.92. The van der Waals surface area contributed by atoms with Crippen molar-refractivity contribution >= 4 is 5.97 Å². The monoisotopic (exact) mass is 254 g/mol. The van der Waals surface area contributed by atoms with E-state index in [4.69, 9.17) is 10.2 Å². The van der Waals surface area contributed by atoms with Gasteiger partial charge in [-0.1, -0.05) is 30.7 Å². The van der Waals surface area contributed by atoms with Crippen LogP contribution in [0.25, 0.3) is 0 Å². The molecule has 0 aliphatic heterocycles. The van der Waals surface area contributed by atoms with Crippen LogP contribution in [0.4, 0.5) is 0 Å². The Balaban J connectivity index is 3.98. The third-order valence-corrected chi connectivity index (χ3v) is 3.30. The van der Waals surface area contributed by atoms with Gasteiger partial charge in [0.1, 0.15) is 0 Å². The summed E-state index contributed by atoms with van der Waals surface area (Å²) < 4.78 is 0. The zero-order valence-corrected chi connectivity index (χ0v) is 11.8. The van der Waals surface area contributed by atoms with Gasteiger partial charge in [0.15, 0.2) is 0 Å². The van der Waals surface area contributed by atoms with Crippen molar-refractivity contribution in [3.63, 3.8) is 0 Å². The van der Waals surface area contributed by atoms with Crippen LogP contribution in [0.2, 0.25) is 0 Å². The number of aliphatic hydroxyl groups is 1. The molecule has 0 saturated carbocycles. The molecule has 0 rings (SSSR count). The summed E-state index contributed by atoms with van der Waals surface area (Å²) in [6.07, 6.45) is 5.47.